The van der Waals surface area contributed by atoms with Gasteiger partial charge < -0.3 is 10.1 Å². The first-order valence-electron chi connectivity index (χ1n) is 6.55. The molecule has 1 N–H and O–H groups in total. The number of cyclic esters (lactones) is 1. The predicted octanol–water partition coefficient (Wildman–Crippen LogP) is 2.42. The van der Waals surface area contributed by atoms with Crippen molar-refractivity contribution in [2.45, 2.75) is 50.6 Å². The third-order valence-electron chi connectivity index (χ3n) is 3.44. The SMILES string of the molecule is O=C1OC(CNCCC2=CCCCC2)CC1(F)F. The number of halogens is 2. The van der Waals surface area contributed by atoms with Crippen LogP contribution >= 0.6 is 0 Å². The maximum absolute atomic E-state index is 12.9. The van der Waals surface area contributed by atoms with Crippen LogP contribution in [0, 0.1) is 0 Å². The van der Waals surface area contributed by atoms with Gasteiger partial charge in [0.25, 0.3) is 0 Å². The first-order valence-corrected chi connectivity index (χ1v) is 6.55. The topological polar surface area (TPSA) is 38.3 Å². The maximum atomic E-state index is 12.9. The Hall–Kier alpha value is -0.970. The van der Waals surface area contributed by atoms with E-state index in [2.05, 4.69) is 16.1 Å². The number of nitrogens with one attached hydrogen (secondary N) is 1. The monoisotopic (exact) mass is 259 g/mol. The second kappa shape index (κ2) is 5.78. The van der Waals surface area contributed by atoms with E-state index in [4.69, 9.17) is 0 Å². The van der Waals surface area contributed by atoms with Crippen molar-refractivity contribution < 1.29 is 18.3 Å². The Bertz CT molecular complexity index is 342. The number of carbonyl (C=O) groups excluding carboxylic acids is 1. The third-order valence-corrected chi connectivity index (χ3v) is 3.44. The zero-order valence-electron chi connectivity index (χ0n) is 10.4. The molecule has 0 amide bonds. The van der Waals surface area contributed by atoms with Gasteiger partial charge in [-0.1, -0.05) is 11.6 Å². The summed E-state index contributed by atoms with van der Waals surface area (Å²) in [5.41, 5.74) is 1.45. The minimum absolute atomic E-state index is 0.314. The summed E-state index contributed by atoms with van der Waals surface area (Å²) in [6.45, 7) is 1.07. The summed E-state index contributed by atoms with van der Waals surface area (Å²) in [5.74, 6) is -4.68. The van der Waals surface area contributed by atoms with Crippen molar-refractivity contribution in [3.63, 3.8) is 0 Å². The predicted molar refractivity (Wildman–Crippen MR) is 63.5 cm³/mol. The first kappa shape index (κ1) is 13.5. The van der Waals surface area contributed by atoms with Gasteiger partial charge in [0.15, 0.2) is 0 Å². The highest BCUT2D eigenvalue weighted by Gasteiger charge is 2.50. The van der Waals surface area contributed by atoms with E-state index in [1.54, 1.807) is 0 Å². The van der Waals surface area contributed by atoms with Crippen molar-refractivity contribution >= 4 is 5.97 Å². The minimum atomic E-state index is -3.29. The average Bonchev–Trinajstić information content (AvgIpc) is 2.60. The summed E-state index contributed by atoms with van der Waals surface area (Å²) in [4.78, 5) is 10.8. The van der Waals surface area contributed by atoms with E-state index in [-0.39, 0.29) is 0 Å². The molecule has 1 heterocycles. The van der Waals surface area contributed by atoms with Gasteiger partial charge in [-0.05, 0) is 38.6 Å². The van der Waals surface area contributed by atoms with Crippen LogP contribution in [0.3, 0.4) is 0 Å². The number of allylic oxidation sites excluding steroid dienone is 1. The molecule has 0 aromatic heterocycles. The van der Waals surface area contributed by atoms with Gasteiger partial charge in [-0.15, -0.1) is 0 Å². The van der Waals surface area contributed by atoms with E-state index >= 15 is 0 Å². The van der Waals surface area contributed by atoms with Crippen LogP contribution < -0.4 is 5.32 Å². The molecule has 18 heavy (non-hydrogen) atoms. The van der Waals surface area contributed by atoms with Crippen LogP contribution in [0.5, 0.6) is 0 Å². The van der Waals surface area contributed by atoms with Gasteiger partial charge in [-0.25, -0.2) is 4.79 Å². The molecule has 0 aromatic rings. The Labute approximate surface area is 106 Å². The van der Waals surface area contributed by atoms with Crippen molar-refractivity contribution in [2.75, 3.05) is 13.1 Å². The number of hydrogen-bond donors (Lipinski definition) is 1. The molecule has 1 aliphatic carbocycles. The summed E-state index contributed by atoms with van der Waals surface area (Å²) >= 11 is 0. The lowest BCUT2D eigenvalue weighted by Gasteiger charge is -2.14. The molecule has 0 bridgehead atoms. The Morgan fingerprint density at radius 2 is 2.28 bits per heavy atom. The quantitative estimate of drug-likeness (QED) is 0.468. The Morgan fingerprint density at radius 1 is 1.44 bits per heavy atom. The van der Waals surface area contributed by atoms with E-state index in [0.717, 1.165) is 25.8 Å². The Kier molecular flexibility index (Phi) is 4.32. The summed E-state index contributed by atoms with van der Waals surface area (Å²) in [6, 6.07) is 0. The smallest absolute Gasteiger partial charge is 0.377 e. The molecular weight excluding hydrogens is 240 g/mol. The minimum Gasteiger partial charge on any atom is -0.456 e. The van der Waals surface area contributed by atoms with Crippen LogP contribution in [-0.2, 0) is 9.53 Å². The molecule has 3 nitrogen and oxygen atoms in total. The van der Waals surface area contributed by atoms with Crippen molar-refractivity contribution in [2.24, 2.45) is 0 Å². The van der Waals surface area contributed by atoms with Crippen LogP contribution in [0.25, 0.3) is 0 Å². The van der Waals surface area contributed by atoms with Gasteiger partial charge in [0.2, 0.25) is 0 Å². The molecule has 1 fully saturated rings. The lowest BCUT2D eigenvalue weighted by Crippen LogP contribution is -2.28. The molecular formula is C13H19F2NO2. The van der Waals surface area contributed by atoms with Crippen LogP contribution in [0.2, 0.25) is 0 Å². The summed E-state index contributed by atoms with van der Waals surface area (Å²) < 4.78 is 30.4. The average molecular weight is 259 g/mol. The molecule has 2 rings (SSSR count). The molecule has 1 saturated heterocycles. The molecule has 0 radical (unpaired) electrons. The number of alkyl halides is 2. The molecule has 0 aromatic carbocycles. The standard InChI is InChI=1S/C13H19F2NO2/c14-13(15)8-11(18-12(13)17)9-16-7-6-10-4-2-1-3-5-10/h4,11,16H,1-3,5-9H2. The van der Waals surface area contributed by atoms with Gasteiger partial charge in [-0.2, -0.15) is 8.78 Å². The lowest BCUT2D eigenvalue weighted by atomic mass is 9.97. The van der Waals surface area contributed by atoms with Crippen molar-refractivity contribution in [1.82, 2.24) is 5.32 Å². The van der Waals surface area contributed by atoms with E-state index in [1.807, 2.05) is 0 Å². The molecule has 5 heteroatoms. The van der Waals surface area contributed by atoms with E-state index in [0.29, 0.717) is 6.54 Å². The fourth-order valence-corrected chi connectivity index (χ4v) is 2.41. The van der Waals surface area contributed by atoms with Gasteiger partial charge in [0.1, 0.15) is 6.10 Å². The van der Waals surface area contributed by atoms with Gasteiger partial charge in [-0.3, -0.25) is 0 Å². The molecule has 1 unspecified atom stereocenters. The molecule has 1 aliphatic heterocycles. The zero-order valence-corrected chi connectivity index (χ0v) is 10.4. The molecule has 0 spiro atoms. The molecule has 102 valence electrons. The molecule has 0 saturated carbocycles. The highest BCUT2D eigenvalue weighted by molar-refractivity contribution is 5.79. The summed E-state index contributed by atoms with van der Waals surface area (Å²) in [7, 11) is 0. The highest BCUT2D eigenvalue weighted by atomic mass is 19.3. The van der Waals surface area contributed by atoms with Crippen LogP contribution in [-0.4, -0.2) is 31.1 Å². The lowest BCUT2D eigenvalue weighted by molar-refractivity contribution is -0.158. The number of ether oxygens (including phenoxy) is 1. The zero-order chi connectivity index (χ0) is 13.0. The number of esters is 1. The number of hydrogen-bond acceptors (Lipinski definition) is 3. The second-order valence-electron chi connectivity index (χ2n) is 5.00. The van der Waals surface area contributed by atoms with E-state index in [1.165, 1.54) is 18.4 Å². The summed E-state index contributed by atoms with van der Waals surface area (Å²) in [5, 5.41) is 3.08. The van der Waals surface area contributed by atoms with Crippen LogP contribution in [0.1, 0.15) is 38.5 Å². The van der Waals surface area contributed by atoms with E-state index in [9.17, 15) is 13.6 Å². The van der Waals surface area contributed by atoms with Crippen LogP contribution in [0.4, 0.5) is 8.78 Å². The molecule has 1 atom stereocenters. The Balaban J connectivity index is 1.62. The third kappa shape index (κ3) is 3.51. The largest absolute Gasteiger partial charge is 0.456 e. The fourth-order valence-electron chi connectivity index (χ4n) is 2.41. The van der Waals surface area contributed by atoms with Crippen molar-refractivity contribution in [3.05, 3.63) is 11.6 Å². The van der Waals surface area contributed by atoms with Crippen molar-refractivity contribution in [3.8, 4) is 0 Å². The van der Waals surface area contributed by atoms with Gasteiger partial charge in [0, 0.05) is 6.54 Å². The van der Waals surface area contributed by atoms with Crippen LogP contribution in [0.15, 0.2) is 11.6 Å². The molecule has 2 aliphatic rings. The maximum Gasteiger partial charge on any atom is 0.377 e. The summed E-state index contributed by atoms with van der Waals surface area (Å²) in [6.07, 6.45) is 6.86. The Morgan fingerprint density at radius 3 is 2.89 bits per heavy atom. The van der Waals surface area contributed by atoms with Crippen molar-refractivity contribution in [1.29, 1.82) is 0 Å². The fraction of sp³-hybridized carbons (Fsp3) is 0.769. The second-order valence-corrected chi connectivity index (χ2v) is 5.00. The van der Waals surface area contributed by atoms with E-state index < -0.39 is 24.4 Å². The van der Waals surface area contributed by atoms with Gasteiger partial charge in [0.05, 0.1) is 6.42 Å². The number of rotatable bonds is 5. The number of carbonyl (C=O) groups is 1. The highest BCUT2D eigenvalue weighted by Crippen LogP contribution is 2.30. The normalized spacial score (nSPS) is 26.9. The van der Waals surface area contributed by atoms with Gasteiger partial charge >= 0.3 is 11.9 Å². The first-order chi connectivity index (χ1) is 8.58.